The largest absolute Gasteiger partial charge is 0.486 e. The molecule has 0 aliphatic carbocycles. The Labute approximate surface area is 262 Å². The first-order chi connectivity index (χ1) is 20.5. The van der Waals surface area contributed by atoms with Crippen LogP contribution in [0.3, 0.4) is 0 Å². The molecule has 3 aromatic rings. The summed E-state index contributed by atoms with van der Waals surface area (Å²) >= 11 is 3.50. The Bertz CT molecular complexity index is 1520. The molecule has 43 heavy (non-hydrogen) atoms. The van der Waals surface area contributed by atoms with Crippen LogP contribution in [0.2, 0.25) is 0 Å². The summed E-state index contributed by atoms with van der Waals surface area (Å²) < 4.78 is 38.9. The van der Waals surface area contributed by atoms with E-state index in [4.69, 9.17) is 9.47 Å². The van der Waals surface area contributed by atoms with E-state index in [0.717, 1.165) is 21.9 Å². The Morgan fingerprint density at radius 2 is 1.63 bits per heavy atom. The zero-order valence-corrected chi connectivity index (χ0v) is 27.1. The monoisotopic (exact) mass is 671 g/mol. The van der Waals surface area contributed by atoms with Gasteiger partial charge < -0.3 is 19.7 Å². The molecule has 0 saturated carbocycles. The van der Waals surface area contributed by atoms with E-state index in [1.165, 1.54) is 4.31 Å². The molecule has 4 rings (SSSR count). The van der Waals surface area contributed by atoms with Crippen molar-refractivity contribution in [2.45, 2.75) is 51.7 Å². The van der Waals surface area contributed by atoms with Crippen LogP contribution in [0.15, 0.2) is 77.3 Å². The molecule has 11 heteroatoms. The van der Waals surface area contributed by atoms with Crippen molar-refractivity contribution in [1.82, 2.24) is 10.2 Å². The minimum atomic E-state index is -3.66. The molecular weight excluding hydrogens is 634 g/mol. The highest BCUT2D eigenvalue weighted by Crippen LogP contribution is 2.35. The van der Waals surface area contributed by atoms with Crippen LogP contribution in [0, 0.1) is 0 Å². The van der Waals surface area contributed by atoms with E-state index in [2.05, 4.69) is 21.2 Å². The van der Waals surface area contributed by atoms with E-state index in [0.29, 0.717) is 36.8 Å². The Kier molecular flexibility index (Phi) is 11.1. The fourth-order valence-electron chi connectivity index (χ4n) is 4.96. The van der Waals surface area contributed by atoms with E-state index >= 15 is 0 Å². The third kappa shape index (κ3) is 9.21. The van der Waals surface area contributed by atoms with Crippen LogP contribution in [0.1, 0.15) is 37.8 Å². The summed E-state index contributed by atoms with van der Waals surface area (Å²) in [6.07, 6.45) is 1.77. The van der Waals surface area contributed by atoms with Crippen LogP contribution in [-0.4, -0.2) is 63.2 Å². The summed E-state index contributed by atoms with van der Waals surface area (Å²) in [5.41, 5.74) is 2.23. The predicted molar refractivity (Wildman–Crippen MR) is 171 cm³/mol. The first kappa shape index (κ1) is 32.3. The number of carbonyl (C=O) groups is 2. The van der Waals surface area contributed by atoms with Crippen LogP contribution in [0.5, 0.6) is 11.5 Å². The maximum absolute atomic E-state index is 13.9. The summed E-state index contributed by atoms with van der Waals surface area (Å²) in [6, 6.07) is 21.4. The molecular formula is C32H38BrN3O6S. The third-order valence-electron chi connectivity index (χ3n) is 6.91. The number of carbonyl (C=O) groups excluding carboxylic acids is 2. The fourth-order valence-corrected chi connectivity index (χ4v) is 6.36. The number of rotatable bonds is 13. The van der Waals surface area contributed by atoms with Crippen molar-refractivity contribution in [2.75, 3.05) is 30.3 Å². The van der Waals surface area contributed by atoms with Crippen molar-refractivity contribution in [3.63, 3.8) is 0 Å². The fraction of sp³-hybridized carbons (Fsp3) is 0.375. The van der Waals surface area contributed by atoms with Crippen LogP contribution in [-0.2, 0) is 32.6 Å². The van der Waals surface area contributed by atoms with Gasteiger partial charge in [0, 0.05) is 42.5 Å². The second-order valence-corrected chi connectivity index (χ2v) is 13.6. The van der Waals surface area contributed by atoms with Gasteiger partial charge in [0.1, 0.15) is 19.3 Å². The lowest BCUT2D eigenvalue weighted by Crippen LogP contribution is -2.51. The van der Waals surface area contributed by atoms with E-state index in [1.54, 1.807) is 23.1 Å². The molecule has 230 valence electrons. The van der Waals surface area contributed by atoms with E-state index < -0.39 is 16.1 Å². The zero-order chi connectivity index (χ0) is 31.0. The molecule has 1 atom stereocenters. The molecule has 0 saturated heterocycles. The SMILES string of the molecule is CC(C)NC(=O)C(Cc1ccccc1)N(Cc1cccc(Br)c1)C(=O)CCCN(c1ccc2c(c1)OCCO2)S(C)(=O)=O. The molecule has 0 bridgehead atoms. The topological polar surface area (TPSA) is 105 Å². The highest BCUT2D eigenvalue weighted by molar-refractivity contribution is 9.10. The summed E-state index contributed by atoms with van der Waals surface area (Å²) in [5.74, 6) is 0.561. The highest BCUT2D eigenvalue weighted by atomic mass is 79.9. The summed E-state index contributed by atoms with van der Waals surface area (Å²) in [5, 5.41) is 2.98. The van der Waals surface area contributed by atoms with Gasteiger partial charge in [-0.3, -0.25) is 13.9 Å². The van der Waals surface area contributed by atoms with Crippen LogP contribution in [0.4, 0.5) is 5.69 Å². The Hall–Kier alpha value is -3.57. The number of ether oxygens (including phenoxy) is 2. The van der Waals surface area contributed by atoms with Crippen molar-refractivity contribution in [3.8, 4) is 11.5 Å². The van der Waals surface area contributed by atoms with Gasteiger partial charge in [0.2, 0.25) is 21.8 Å². The third-order valence-corrected chi connectivity index (χ3v) is 8.60. The molecule has 3 aromatic carbocycles. The number of hydrogen-bond donors (Lipinski definition) is 1. The van der Waals surface area contributed by atoms with E-state index in [-0.39, 0.29) is 43.8 Å². The Morgan fingerprint density at radius 3 is 2.30 bits per heavy atom. The normalized spacial score (nSPS) is 13.3. The number of anilines is 1. The van der Waals surface area contributed by atoms with Gasteiger partial charge in [0.05, 0.1) is 11.9 Å². The molecule has 1 heterocycles. The minimum Gasteiger partial charge on any atom is -0.486 e. The smallest absolute Gasteiger partial charge is 0.243 e. The van der Waals surface area contributed by atoms with Gasteiger partial charge in [0.25, 0.3) is 0 Å². The number of nitrogens with zero attached hydrogens (tertiary/aromatic N) is 2. The number of amides is 2. The van der Waals surface area contributed by atoms with Crippen molar-refractivity contribution >= 4 is 43.5 Å². The Morgan fingerprint density at radius 1 is 0.930 bits per heavy atom. The molecule has 9 nitrogen and oxygen atoms in total. The summed E-state index contributed by atoms with van der Waals surface area (Å²) in [6.45, 7) is 4.88. The molecule has 1 N–H and O–H groups in total. The van der Waals surface area contributed by atoms with Crippen molar-refractivity contribution < 1.29 is 27.5 Å². The lowest BCUT2D eigenvalue weighted by molar-refractivity contribution is -0.141. The van der Waals surface area contributed by atoms with Crippen LogP contribution < -0.4 is 19.1 Å². The van der Waals surface area contributed by atoms with Gasteiger partial charge in [-0.15, -0.1) is 0 Å². The lowest BCUT2D eigenvalue weighted by Gasteiger charge is -2.32. The first-order valence-corrected chi connectivity index (χ1v) is 16.9. The predicted octanol–water partition coefficient (Wildman–Crippen LogP) is 4.93. The van der Waals surface area contributed by atoms with Crippen molar-refractivity contribution in [2.24, 2.45) is 0 Å². The lowest BCUT2D eigenvalue weighted by atomic mass is 10.0. The quantitative estimate of drug-likeness (QED) is 0.276. The van der Waals surface area contributed by atoms with Gasteiger partial charge in [-0.05, 0) is 55.7 Å². The second-order valence-electron chi connectivity index (χ2n) is 10.8. The average molecular weight is 673 g/mol. The number of hydrogen-bond acceptors (Lipinski definition) is 6. The number of halogens is 1. The molecule has 1 aliphatic heterocycles. The molecule has 2 amide bonds. The van der Waals surface area contributed by atoms with E-state index in [1.807, 2.05) is 68.4 Å². The van der Waals surface area contributed by atoms with Crippen molar-refractivity contribution in [1.29, 1.82) is 0 Å². The average Bonchev–Trinajstić information content (AvgIpc) is 2.96. The minimum absolute atomic E-state index is 0.0465. The molecule has 1 aliphatic rings. The highest BCUT2D eigenvalue weighted by Gasteiger charge is 2.31. The van der Waals surface area contributed by atoms with Gasteiger partial charge in [0.15, 0.2) is 11.5 Å². The maximum atomic E-state index is 13.9. The first-order valence-electron chi connectivity index (χ1n) is 14.3. The standard InChI is InChI=1S/C32H38BrN3O6S/c1-23(2)34-32(38)28(20-24-9-5-4-6-10-24)35(22-25-11-7-12-26(33)19-25)31(37)13-8-16-36(43(3,39)40)27-14-15-29-30(21-27)42-18-17-41-29/h4-7,9-12,14-15,19,21,23,28H,8,13,16-18,20,22H2,1-3H3,(H,34,38). The molecule has 1 unspecified atom stereocenters. The molecule has 0 spiro atoms. The number of fused-ring (bicyclic) bond motifs is 1. The molecule has 0 aromatic heterocycles. The van der Waals surface area contributed by atoms with Gasteiger partial charge in [-0.25, -0.2) is 8.42 Å². The Balaban J connectivity index is 1.57. The summed E-state index contributed by atoms with van der Waals surface area (Å²) in [7, 11) is -3.66. The molecule has 0 radical (unpaired) electrons. The number of nitrogens with one attached hydrogen (secondary N) is 1. The number of benzene rings is 3. The summed E-state index contributed by atoms with van der Waals surface area (Å²) in [4.78, 5) is 29.1. The van der Waals surface area contributed by atoms with Gasteiger partial charge >= 0.3 is 0 Å². The van der Waals surface area contributed by atoms with E-state index in [9.17, 15) is 18.0 Å². The maximum Gasteiger partial charge on any atom is 0.243 e. The van der Waals surface area contributed by atoms with Crippen LogP contribution in [0.25, 0.3) is 0 Å². The van der Waals surface area contributed by atoms with Crippen LogP contribution >= 0.6 is 15.9 Å². The zero-order valence-electron chi connectivity index (χ0n) is 24.7. The molecule has 0 fully saturated rings. The second kappa shape index (κ2) is 14.7. The van der Waals surface area contributed by atoms with Gasteiger partial charge in [-0.1, -0.05) is 58.4 Å². The van der Waals surface area contributed by atoms with Crippen molar-refractivity contribution in [3.05, 3.63) is 88.4 Å². The van der Waals surface area contributed by atoms with Gasteiger partial charge in [-0.2, -0.15) is 0 Å². The number of sulfonamides is 1.